The van der Waals surface area contributed by atoms with Crippen molar-refractivity contribution in [1.29, 1.82) is 0 Å². The molecule has 0 N–H and O–H groups in total. The summed E-state index contributed by atoms with van der Waals surface area (Å²) >= 11 is 0. The Morgan fingerprint density at radius 1 is 1.12 bits per heavy atom. The smallest absolute Gasteiger partial charge is 0.270 e. The molecule has 2 amide bonds. The van der Waals surface area contributed by atoms with Gasteiger partial charge >= 0.3 is 0 Å². The topological polar surface area (TPSA) is 65.5 Å². The minimum absolute atomic E-state index is 0.0318. The quantitative estimate of drug-likeness (QED) is 0.815. The molecule has 2 heterocycles. The highest BCUT2D eigenvalue weighted by atomic mass is 16.5. The normalized spacial score (nSPS) is 19.2. The molecule has 0 aromatic heterocycles. The molecule has 0 unspecified atom stereocenters. The molecule has 0 spiro atoms. The minimum Gasteiger partial charge on any atom is -0.497 e. The summed E-state index contributed by atoms with van der Waals surface area (Å²) in [5, 5.41) is 5.44. The first-order valence-electron chi connectivity index (χ1n) is 9.05. The summed E-state index contributed by atoms with van der Waals surface area (Å²) in [5.74, 6) is 0.789. The highest BCUT2D eigenvalue weighted by molar-refractivity contribution is 6.39. The molecule has 1 aromatic carbocycles. The van der Waals surface area contributed by atoms with E-state index in [2.05, 4.69) is 22.1 Å². The Morgan fingerprint density at radius 3 is 2.58 bits per heavy atom. The van der Waals surface area contributed by atoms with Crippen LogP contribution in [0.25, 0.3) is 0 Å². The monoisotopic (exact) mass is 358 g/mol. The van der Waals surface area contributed by atoms with Crippen LogP contribution in [0.15, 0.2) is 29.4 Å². The van der Waals surface area contributed by atoms with E-state index in [1.807, 2.05) is 17.0 Å². The summed E-state index contributed by atoms with van der Waals surface area (Å²) < 4.78 is 5.20. The standard InChI is InChI=1S/C19H26N4O3/c1-21-18(24)9-8-17(20-21)19(25)23-11-3-10-22(12-13-23)14-15-4-6-16(26-2)7-5-15/h4-7H,3,8-14H2,1-2H3. The minimum atomic E-state index is -0.0388. The summed E-state index contributed by atoms with van der Waals surface area (Å²) in [4.78, 5) is 28.5. The number of methoxy groups -OCH3 is 1. The second kappa shape index (κ2) is 8.31. The van der Waals surface area contributed by atoms with Crippen molar-refractivity contribution in [3.63, 3.8) is 0 Å². The van der Waals surface area contributed by atoms with E-state index < -0.39 is 0 Å². The van der Waals surface area contributed by atoms with Crippen LogP contribution in [0.2, 0.25) is 0 Å². The van der Waals surface area contributed by atoms with E-state index in [4.69, 9.17) is 4.74 Å². The summed E-state index contributed by atoms with van der Waals surface area (Å²) in [7, 11) is 3.27. The summed E-state index contributed by atoms with van der Waals surface area (Å²) in [6.45, 7) is 4.07. The van der Waals surface area contributed by atoms with Gasteiger partial charge in [0.2, 0.25) is 5.91 Å². The maximum atomic E-state index is 12.7. The number of carbonyl (C=O) groups is 2. The van der Waals surface area contributed by atoms with Gasteiger partial charge in [0.15, 0.2) is 0 Å². The number of carbonyl (C=O) groups excluding carboxylic acids is 2. The van der Waals surface area contributed by atoms with E-state index in [1.54, 1.807) is 14.2 Å². The van der Waals surface area contributed by atoms with Crippen molar-refractivity contribution in [2.24, 2.45) is 5.10 Å². The third kappa shape index (κ3) is 4.40. The first-order valence-corrected chi connectivity index (χ1v) is 9.05. The molecular weight excluding hydrogens is 332 g/mol. The molecule has 2 aliphatic rings. The number of nitrogens with zero attached hydrogens (tertiary/aromatic N) is 4. The predicted octanol–water partition coefficient (Wildman–Crippen LogP) is 1.34. The lowest BCUT2D eigenvalue weighted by molar-refractivity contribution is -0.130. The lowest BCUT2D eigenvalue weighted by Gasteiger charge is -2.25. The van der Waals surface area contributed by atoms with Crippen molar-refractivity contribution < 1.29 is 14.3 Å². The SMILES string of the molecule is COc1ccc(CN2CCCN(C(=O)C3=NN(C)C(=O)CC3)CC2)cc1. The number of hydrogen-bond donors (Lipinski definition) is 0. The number of hydrazone groups is 1. The highest BCUT2D eigenvalue weighted by Gasteiger charge is 2.27. The van der Waals surface area contributed by atoms with Crippen molar-refractivity contribution >= 4 is 17.5 Å². The first-order chi connectivity index (χ1) is 12.6. The van der Waals surface area contributed by atoms with Crippen LogP contribution >= 0.6 is 0 Å². The molecule has 1 aromatic rings. The van der Waals surface area contributed by atoms with E-state index >= 15 is 0 Å². The zero-order valence-corrected chi connectivity index (χ0v) is 15.5. The van der Waals surface area contributed by atoms with E-state index in [1.165, 1.54) is 10.6 Å². The van der Waals surface area contributed by atoms with Gasteiger partial charge in [-0.1, -0.05) is 12.1 Å². The molecule has 0 atom stereocenters. The van der Waals surface area contributed by atoms with Crippen LogP contribution in [0, 0.1) is 0 Å². The molecule has 3 rings (SSSR count). The van der Waals surface area contributed by atoms with E-state index in [-0.39, 0.29) is 11.8 Å². The van der Waals surface area contributed by atoms with Gasteiger partial charge in [0, 0.05) is 52.6 Å². The van der Waals surface area contributed by atoms with Gasteiger partial charge in [-0.3, -0.25) is 14.5 Å². The fraction of sp³-hybridized carbons (Fsp3) is 0.526. The van der Waals surface area contributed by atoms with Gasteiger partial charge < -0.3 is 9.64 Å². The Balaban J connectivity index is 1.56. The number of benzene rings is 1. The van der Waals surface area contributed by atoms with Gasteiger partial charge in [-0.2, -0.15) is 5.10 Å². The van der Waals surface area contributed by atoms with Crippen LogP contribution < -0.4 is 4.74 Å². The predicted molar refractivity (Wildman–Crippen MR) is 98.9 cm³/mol. The molecule has 0 bridgehead atoms. The average molecular weight is 358 g/mol. The molecule has 7 heteroatoms. The summed E-state index contributed by atoms with van der Waals surface area (Å²) in [6, 6.07) is 8.11. The fourth-order valence-corrected chi connectivity index (χ4v) is 3.33. The van der Waals surface area contributed by atoms with Gasteiger partial charge in [-0.05, 0) is 24.1 Å². The highest BCUT2D eigenvalue weighted by Crippen LogP contribution is 2.15. The molecule has 2 aliphatic heterocycles. The van der Waals surface area contributed by atoms with Crippen LogP contribution in [0.4, 0.5) is 0 Å². The molecule has 140 valence electrons. The summed E-state index contributed by atoms with van der Waals surface area (Å²) in [6.07, 6.45) is 1.73. The van der Waals surface area contributed by atoms with Crippen LogP contribution in [0.5, 0.6) is 5.75 Å². The lowest BCUT2D eigenvalue weighted by atomic mass is 10.1. The molecule has 0 aliphatic carbocycles. The Labute approximate surface area is 154 Å². The molecule has 0 saturated carbocycles. The average Bonchev–Trinajstić information content (AvgIpc) is 2.89. The number of hydrogen-bond acceptors (Lipinski definition) is 5. The van der Waals surface area contributed by atoms with Crippen molar-refractivity contribution in [2.45, 2.75) is 25.8 Å². The molecule has 0 radical (unpaired) electrons. The van der Waals surface area contributed by atoms with Crippen molar-refractivity contribution in [2.75, 3.05) is 40.3 Å². The Hall–Kier alpha value is -2.41. The van der Waals surface area contributed by atoms with Gasteiger partial charge in [0.25, 0.3) is 5.91 Å². The second-order valence-corrected chi connectivity index (χ2v) is 6.73. The number of amides is 2. The Morgan fingerprint density at radius 2 is 1.88 bits per heavy atom. The Kier molecular flexibility index (Phi) is 5.88. The van der Waals surface area contributed by atoms with Crippen molar-refractivity contribution in [1.82, 2.24) is 14.8 Å². The van der Waals surface area contributed by atoms with E-state index in [0.717, 1.165) is 38.3 Å². The van der Waals surface area contributed by atoms with Gasteiger partial charge in [-0.25, -0.2) is 5.01 Å². The van der Waals surface area contributed by atoms with Gasteiger partial charge in [0.05, 0.1) is 7.11 Å². The third-order valence-corrected chi connectivity index (χ3v) is 4.90. The molecule has 1 saturated heterocycles. The van der Waals surface area contributed by atoms with Crippen LogP contribution in [-0.4, -0.2) is 72.7 Å². The number of rotatable bonds is 4. The largest absolute Gasteiger partial charge is 0.497 e. The zero-order chi connectivity index (χ0) is 18.5. The molecule has 26 heavy (non-hydrogen) atoms. The molecule has 1 fully saturated rings. The maximum absolute atomic E-state index is 12.7. The molecule has 7 nitrogen and oxygen atoms in total. The van der Waals surface area contributed by atoms with Crippen LogP contribution in [0.1, 0.15) is 24.8 Å². The second-order valence-electron chi connectivity index (χ2n) is 6.73. The molecular formula is C19H26N4O3. The first kappa shape index (κ1) is 18.4. The fourth-order valence-electron chi connectivity index (χ4n) is 3.33. The Bertz CT molecular complexity index is 687. The van der Waals surface area contributed by atoms with Gasteiger partial charge in [0.1, 0.15) is 11.5 Å². The van der Waals surface area contributed by atoms with E-state index in [0.29, 0.717) is 25.1 Å². The van der Waals surface area contributed by atoms with Crippen LogP contribution in [-0.2, 0) is 16.1 Å². The van der Waals surface area contributed by atoms with Gasteiger partial charge in [-0.15, -0.1) is 0 Å². The third-order valence-electron chi connectivity index (χ3n) is 4.90. The van der Waals surface area contributed by atoms with Crippen LogP contribution in [0.3, 0.4) is 0 Å². The van der Waals surface area contributed by atoms with Crippen molar-refractivity contribution in [3.05, 3.63) is 29.8 Å². The maximum Gasteiger partial charge on any atom is 0.270 e. The number of ether oxygens (including phenoxy) is 1. The zero-order valence-electron chi connectivity index (χ0n) is 15.5. The summed E-state index contributed by atoms with van der Waals surface area (Å²) in [5.41, 5.74) is 1.73. The van der Waals surface area contributed by atoms with Crippen molar-refractivity contribution in [3.8, 4) is 5.75 Å². The lowest BCUT2D eigenvalue weighted by Crippen LogP contribution is -2.42. The van der Waals surface area contributed by atoms with E-state index in [9.17, 15) is 9.59 Å².